The van der Waals surface area contributed by atoms with Crippen molar-refractivity contribution in [2.75, 3.05) is 50.6 Å². The molecule has 1 aliphatic heterocycles. The average Bonchev–Trinajstić information content (AvgIpc) is 3.13. The largest absolute Gasteiger partial charge is 0.477 e. The molecule has 33 heavy (non-hydrogen) atoms. The summed E-state index contributed by atoms with van der Waals surface area (Å²) in [7, 11) is 4.00. The number of halogens is 2. The Labute approximate surface area is 206 Å². The summed E-state index contributed by atoms with van der Waals surface area (Å²) in [5.41, 5.74) is 2.99. The van der Waals surface area contributed by atoms with Crippen LogP contribution < -0.4 is 15.4 Å². The Hall–Kier alpha value is -2.59. The number of piperazine rings is 1. The third-order valence-electron chi connectivity index (χ3n) is 5.49. The van der Waals surface area contributed by atoms with Gasteiger partial charge >= 0.3 is 6.03 Å². The maximum atomic E-state index is 12.5. The van der Waals surface area contributed by atoms with Gasteiger partial charge in [-0.25, -0.2) is 4.79 Å². The molecule has 0 unspecified atom stereocenters. The number of carbonyl (C=O) groups is 1. The first kappa shape index (κ1) is 23.6. The van der Waals surface area contributed by atoms with E-state index in [0.717, 1.165) is 47.7 Å². The minimum atomic E-state index is -0.349. The van der Waals surface area contributed by atoms with Crippen molar-refractivity contribution >= 4 is 44.9 Å². The molecule has 0 spiro atoms. The van der Waals surface area contributed by atoms with Gasteiger partial charge in [0, 0.05) is 55.2 Å². The number of ether oxygens (including phenoxy) is 1. The number of rotatable bonds is 6. The number of aryl methyl sites for hydroxylation is 1. The van der Waals surface area contributed by atoms with Gasteiger partial charge in [0.05, 0.1) is 16.4 Å². The van der Waals surface area contributed by atoms with Gasteiger partial charge in [-0.2, -0.15) is 5.10 Å². The van der Waals surface area contributed by atoms with Crippen LogP contribution in [-0.4, -0.2) is 65.6 Å². The zero-order valence-electron chi connectivity index (χ0n) is 18.5. The second kappa shape index (κ2) is 10.6. The number of benzene rings is 2. The summed E-state index contributed by atoms with van der Waals surface area (Å²) in [4.78, 5) is 17.1. The summed E-state index contributed by atoms with van der Waals surface area (Å²) < 4.78 is 8.84. The SMILES string of the molecule is CN1CCN(COc2ccc(NC(=O)Nc3ccc(Cl)cc3)cc2-c2c(Br)cnn2C)CC1. The molecule has 1 fully saturated rings. The topological polar surface area (TPSA) is 74.7 Å². The molecule has 4 rings (SSSR count). The van der Waals surface area contributed by atoms with E-state index in [1.807, 2.05) is 25.2 Å². The van der Waals surface area contributed by atoms with E-state index in [4.69, 9.17) is 16.3 Å². The standard InChI is InChI=1S/C23H26BrClN6O2/c1-29-9-11-31(12-10-29)15-33-21-8-7-18(13-19(21)22-20(24)14-26-30(22)2)28-23(32)27-17-5-3-16(25)4-6-17/h3-8,13-14H,9-12,15H2,1-2H3,(H2,27,28,32). The molecule has 0 saturated carbocycles. The maximum Gasteiger partial charge on any atom is 0.323 e. The molecule has 0 radical (unpaired) electrons. The lowest BCUT2D eigenvalue weighted by Crippen LogP contribution is -2.45. The van der Waals surface area contributed by atoms with Gasteiger partial charge in [-0.05, 0) is 65.4 Å². The lowest BCUT2D eigenvalue weighted by atomic mass is 10.1. The fourth-order valence-corrected chi connectivity index (χ4v) is 4.28. The van der Waals surface area contributed by atoms with Gasteiger partial charge in [0.2, 0.25) is 0 Å². The Kier molecular flexibility index (Phi) is 7.54. The van der Waals surface area contributed by atoms with Crippen LogP contribution in [-0.2, 0) is 7.05 Å². The molecule has 1 aliphatic rings. The van der Waals surface area contributed by atoms with Crippen LogP contribution in [0.1, 0.15) is 0 Å². The van der Waals surface area contributed by atoms with Crippen LogP contribution in [0.15, 0.2) is 53.1 Å². The van der Waals surface area contributed by atoms with Crippen LogP contribution in [0.5, 0.6) is 5.75 Å². The highest BCUT2D eigenvalue weighted by atomic mass is 79.9. The zero-order valence-corrected chi connectivity index (χ0v) is 20.9. The number of anilines is 2. The Morgan fingerprint density at radius 2 is 1.73 bits per heavy atom. The minimum absolute atomic E-state index is 0.349. The number of hydrogen-bond acceptors (Lipinski definition) is 5. The molecule has 2 amide bonds. The molecule has 1 aromatic heterocycles. The van der Waals surface area contributed by atoms with Crippen LogP contribution in [0.4, 0.5) is 16.2 Å². The van der Waals surface area contributed by atoms with Crippen molar-refractivity contribution in [3.05, 3.63) is 58.2 Å². The lowest BCUT2D eigenvalue weighted by Gasteiger charge is -2.32. The molecule has 2 heterocycles. The van der Waals surface area contributed by atoms with Crippen LogP contribution in [0, 0.1) is 0 Å². The van der Waals surface area contributed by atoms with E-state index in [1.54, 1.807) is 35.1 Å². The highest BCUT2D eigenvalue weighted by molar-refractivity contribution is 9.10. The highest BCUT2D eigenvalue weighted by Gasteiger charge is 2.18. The summed E-state index contributed by atoms with van der Waals surface area (Å²) in [5, 5.41) is 10.6. The Balaban J connectivity index is 1.52. The third kappa shape index (κ3) is 6.05. The van der Waals surface area contributed by atoms with E-state index in [-0.39, 0.29) is 6.03 Å². The number of likely N-dealkylation sites (N-methyl/N-ethyl adjacent to an activating group) is 1. The Morgan fingerprint density at radius 1 is 1.06 bits per heavy atom. The summed E-state index contributed by atoms with van der Waals surface area (Å²) in [5.74, 6) is 0.724. The minimum Gasteiger partial charge on any atom is -0.477 e. The van der Waals surface area contributed by atoms with Crippen molar-refractivity contribution in [2.24, 2.45) is 7.05 Å². The summed E-state index contributed by atoms with van der Waals surface area (Å²) in [6.45, 7) is 4.47. The van der Waals surface area contributed by atoms with Crippen molar-refractivity contribution in [2.45, 2.75) is 0 Å². The first-order valence-corrected chi connectivity index (χ1v) is 11.8. The van der Waals surface area contributed by atoms with Gasteiger partial charge in [0.1, 0.15) is 12.5 Å². The fraction of sp³-hybridized carbons (Fsp3) is 0.304. The van der Waals surface area contributed by atoms with Crippen LogP contribution >= 0.6 is 27.5 Å². The molecule has 8 nitrogen and oxygen atoms in total. The molecule has 0 aliphatic carbocycles. The van der Waals surface area contributed by atoms with Gasteiger partial charge in [0.25, 0.3) is 0 Å². The number of carbonyl (C=O) groups excluding carboxylic acids is 1. The van der Waals surface area contributed by atoms with E-state index >= 15 is 0 Å². The highest BCUT2D eigenvalue weighted by Crippen LogP contribution is 2.37. The van der Waals surface area contributed by atoms with E-state index in [9.17, 15) is 4.79 Å². The maximum absolute atomic E-state index is 12.5. The number of hydrogen-bond donors (Lipinski definition) is 2. The molecule has 10 heteroatoms. The molecular weight excluding hydrogens is 508 g/mol. The Bertz CT molecular complexity index is 1090. The van der Waals surface area contributed by atoms with Crippen molar-refractivity contribution in [3.63, 3.8) is 0 Å². The van der Waals surface area contributed by atoms with Crippen molar-refractivity contribution in [3.8, 4) is 17.0 Å². The number of nitrogens with one attached hydrogen (secondary N) is 2. The van der Waals surface area contributed by atoms with Gasteiger partial charge in [0.15, 0.2) is 0 Å². The van der Waals surface area contributed by atoms with E-state index in [0.29, 0.717) is 23.1 Å². The normalized spacial score (nSPS) is 14.8. The molecule has 0 bridgehead atoms. The smallest absolute Gasteiger partial charge is 0.323 e. The molecule has 0 atom stereocenters. The quantitative estimate of drug-likeness (QED) is 0.479. The van der Waals surface area contributed by atoms with Crippen molar-refractivity contribution < 1.29 is 9.53 Å². The molecular formula is C23H26BrClN6O2. The van der Waals surface area contributed by atoms with Crippen molar-refractivity contribution in [1.29, 1.82) is 0 Å². The predicted molar refractivity (Wildman–Crippen MR) is 135 cm³/mol. The van der Waals surface area contributed by atoms with Crippen LogP contribution in [0.2, 0.25) is 5.02 Å². The van der Waals surface area contributed by atoms with Crippen molar-refractivity contribution in [1.82, 2.24) is 19.6 Å². The van der Waals surface area contributed by atoms with E-state index < -0.39 is 0 Å². The summed E-state index contributed by atoms with van der Waals surface area (Å²) in [6, 6.07) is 12.2. The van der Waals surface area contributed by atoms with Gasteiger partial charge in [-0.3, -0.25) is 9.58 Å². The molecule has 3 aromatic rings. The van der Waals surface area contributed by atoms with Crippen LogP contribution in [0.25, 0.3) is 11.3 Å². The average molecular weight is 534 g/mol. The van der Waals surface area contributed by atoms with E-state index in [2.05, 4.69) is 48.5 Å². The van der Waals surface area contributed by atoms with Crippen LogP contribution in [0.3, 0.4) is 0 Å². The zero-order chi connectivity index (χ0) is 23.4. The summed E-state index contributed by atoms with van der Waals surface area (Å²) in [6.07, 6.45) is 1.74. The lowest BCUT2D eigenvalue weighted by molar-refractivity contribution is 0.0766. The molecule has 2 aromatic carbocycles. The number of nitrogens with zero attached hydrogens (tertiary/aromatic N) is 4. The number of aromatic nitrogens is 2. The second-order valence-electron chi connectivity index (χ2n) is 7.96. The second-order valence-corrected chi connectivity index (χ2v) is 9.25. The van der Waals surface area contributed by atoms with E-state index in [1.165, 1.54) is 0 Å². The van der Waals surface area contributed by atoms with Gasteiger partial charge < -0.3 is 20.3 Å². The van der Waals surface area contributed by atoms with Gasteiger partial charge in [-0.1, -0.05) is 11.6 Å². The fourth-order valence-electron chi connectivity index (χ4n) is 3.60. The number of urea groups is 1. The summed E-state index contributed by atoms with van der Waals surface area (Å²) >= 11 is 9.49. The molecule has 1 saturated heterocycles. The third-order valence-corrected chi connectivity index (χ3v) is 6.32. The number of amides is 2. The monoisotopic (exact) mass is 532 g/mol. The first-order valence-electron chi connectivity index (χ1n) is 10.6. The molecule has 174 valence electrons. The predicted octanol–water partition coefficient (Wildman–Crippen LogP) is 4.73. The Morgan fingerprint density at radius 3 is 2.39 bits per heavy atom. The first-order chi connectivity index (χ1) is 15.9. The molecule has 2 N–H and O–H groups in total. The van der Waals surface area contributed by atoms with Gasteiger partial charge in [-0.15, -0.1) is 0 Å².